The van der Waals surface area contributed by atoms with Crippen LogP contribution >= 0.6 is 0 Å². The minimum atomic E-state index is -0.283. The Hall–Kier alpha value is -2.63. The molecule has 25 heavy (non-hydrogen) atoms. The van der Waals surface area contributed by atoms with Crippen molar-refractivity contribution >= 4 is 11.6 Å². The number of rotatable bonds is 4. The first kappa shape index (κ1) is 17.2. The molecule has 0 saturated heterocycles. The molecule has 1 aromatic heterocycles. The number of pyridine rings is 1. The van der Waals surface area contributed by atoms with E-state index in [1.807, 2.05) is 26.8 Å². The van der Waals surface area contributed by atoms with Crippen molar-refractivity contribution < 1.29 is 13.9 Å². The molecule has 0 saturated carbocycles. The molecule has 132 valence electrons. The summed E-state index contributed by atoms with van der Waals surface area (Å²) in [6.07, 6.45) is 0.484. The Balaban J connectivity index is 1.98. The van der Waals surface area contributed by atoms with Gasteiger partial charge in [-0.15, -0.1) is 0 Å². The third-order valence-corrected chi connectivity index (χ3v) is 3.88. The van der Waals surface area contributed by atoms with Gasteiger partial charge in [-0.1, -0.05) is 12.1 Å². The predicted molar refractivity (Wildman–Crippen MR) is 94.6 cm³/mol. The summed E-state index contributed by atoms with van der Waals surface area (Å²) in [7, 11) is 0. The molecule has 1 amide bonds. The largest absolute Gasteiger partial charge is 0.474 e. The van der Waals surface area contributed by atoms with Crippen molar-refractivity contribution in [1.82, 2.24) is 10.3 Å². The molecule has 1 atom stereocenters. The second kappa shape index (κ2) is 7.09. The lowest BCUT2D eigenvalue weighted by atomic mass is 10.0. The molecule has 0 aliphatic carbocycles. The fourth-order valence-corrected chi connectivity index (χ4v) is 2.75. The van der Waals surface area contributed by atoms with E-state index >= 15 is 0 Å². The fraction of sp³-hybridized carbons (Fsp3) is 0.368. The molecule has 0 spiro atoms. The minimum Gasteiger partial charge on any atom is -0.474 e. The van der Waals surface area contributed by atoms with Crippen LogP contribution in [0.5, 0.6) is 5.88 Å². The fourth-order valence-electron chi connectivity index (χ4n) is 2.75. The second-order valence-corrected chi connectivity index (χ2v) is 6.64. The van der Waals surface area contributed by atoms with E-state index in [0.29, 0.717) is 24.6 Å². The lowest BCUT2D eigenvalue weighted by Gasteiger charge is -2.25. The van der Waals surface area contributed by atoms with Gasteiger partial charge in [0.15, 0.2) is 0 Å². The number of hydrogen-bond acceptors (Lipinski definition) is 4. The zero-order valence-corrected chi connectivity index (χ0v) is 14.6. The van der Waals surface area contributed by atoms with Crippen molar-refractivity contribution in [3.8, 4) is 5.88 Å². The SMILES string of the molecule is CC(C)NC(=O)c1nc2c(cc1Cc1ccc(F)cc1)NC(C)CO2. The Morgan fingerprint density at radius 3 is 2.80 bits per heavy atom. The number of fused-ring (bicyclic) bond motifs is 1. The van der Waals surface area contributed by atoms with Gasteiger partial charge in [-0.2, -0.15) is 0 Å². The molecule has 2 aromatic rings. The van der Waals surface area contributed by atoms with Crippen molar-refractivity contribution in [2.24, 2.45) is 0 Å². The van der Waals surface area contributed by atoms with E-state index in [1.54, 1.807) is 12.1 Å². The van der Waals surface area contributed by atoms with Gasteiger partial charge in [0.25, 0.3) is 5.91 Å². The summed E-state index contributed by atoms with van der Waals surface area (Å²) in [5.74, 6) is -0.0824. The highest BCUT2D eigenvalue weighted by Crippen LogP contribution is 2.30. The topological polar surface area (TPSA) is 63.2 Å². The Labute approximate surface area is 146 Å². The predicted octanol–water partition coefficient (Wildman–Crippen LogP) is 3.14. The van der Waals surface area contributed by atoms with Gasteiger partial charge in [0, 0.05) is 6.04 Å². The van der Waals surface area contributed by atoms with Crippen LogP contribution in [0, 0.1) is 5.82 Å². The zero-order chi connectivity index (χ0) is 18.0. The second-order valence-electron chi connectivity index (χ2n) is 6.64. The Morgan fingerprint density at radius 1 is 1.40 bits per heavy atom. The van der Waals surface area contributed by atoms with Crippen LogP contribution in [0.25, 0.3) is 0 Å². The lowest BCUT2D eigenvalue weighted by molar-refractivity contribution is 0.0936. The first-order valence-corrected chi connectivity index (χ1v) is 8.41. The highest BCUT2D eigenvalue weighted by Gasteiger charge is 2.23. The van der Waals surface area contributed by atoms with Crippen LogP contribution in [-0.2, 0) is 6.42 Å². The molecular weight excluding hydrogens is 321 g/mol. The maximum atomic E-state index is 13.1. The van der Waals surface area contributed by atoms with Crippen molar-refractivity contribution in [2.75, 3.05) is 11.9 Å². The summed E-state index contributed by atoms with van der Waals surface area (Å²) in [6.45, 7) is 6.32. The third-order valence-electron chi connectivity index (χ3n) is 3.88. The van der Waals surface area contributed by atoms with E-state index in [4.69, 9.17) is 4.74 Å². The molecule has 1 aliphatic rings. The molecule has 3 rings (SSSR count). The molecule has 1 unspecified atom stereocenters. The summed E-state index contributed by atoms with van der Waals surface area (Å²) < 4.78 is 18.8. The van der Waals surface area contributed by atoms with E-state index in [9.17, 15) is 9.18 Å². The highest BCUT2D eigenvalue weighted by molar-refractivity contribution is 5.94. The van der Waals surface area contributed by atoms with E-state index in [1.165, 1.54) is 12.1 Å². The Morgan fingerprint density at radius 2 is 2.12 bits per heavy atom. The molecule has 2 heterocycles. The van der Waals surface area contributed by atoms with E-state index in [2.05, 4.69) is 15.6 Å². The Kier molecular flexibility index (Phi) is 4.88. The normalized spacial score (nSPS) is 16.0. The molecule has 5 nitrogen and oxygen atoms in total. The monoisotopic (exact) mass is 343 g/mol. The quantitative estimate of drug-likeness (QED) is 0.895. The molecule has 1 aliphatic heterocycles. The number of carbonyl (C=O) groups is 1. The summed E-state index contributed by atoms with van der Waals surface area (Å²) in [6, 6.07) is 8.33. The Bertz CT molecular complexity index is 775. The first-order chi connectivity index (χ1) is 11.9. The number of halogens is 1. The van der Waals surface area contributed by atoms with Crippen molar-refractivity contribution in [1.29, 1.82) is 0 Å². The van der Waals surface area contributed by atoms with Crippen LogP contribution in [0.15, 0.2) is 30.3 Å². The number of carbonyl (C=O) groups excluding carboxylic acids is 1. The first-order valence-electron chi connectivity index (χ1n) is 8.41. The summed E-state index contributed by atoms with van der Waals surface area (Å²) in [4.78, 5) is 17.0. The number of anilines is 1. The average molecular weight is 343 g/mol. The van der Waals surface area contributed by atoms with E-state index < -0.39 is 0 Å². The van der Waals surface area contributed by atoms with E-state index in [0.717, 1.165) is 16.8 Å². The van der Waals surface area contributed by atoms with Gasteiger partial charge in [0.05, 0.1) is 11.7 Å². The van der Waals surface area contributed by atoms with Gasteiger partial charge < -0.3 is 15.4 Å². The molecule has 2 N–H and O–H groups in total. The molecule has 0 bridgehead atoms. The molecule has 1 aromatic carbocycles. The van der Waals surface area contributed by atoms with Crippen LogP contribution in [0.3, 0.4) is 0 Å². The minimum absolute atomic E-state index is 0.00284. The molecular formula is C19H22FN3O2. The van der Waals surface area contributed by atoms with Crippen molar-refractivity contribution in [3.63, 3.8) is 0 Å². The van der Waals surface area contributed by atoms with Crippen LogP contribution in [0.2, 0.25) is 0 Å². The van der Waals surface area contributed by atoms with Gasteiger partial charge >= 0.3 is 0 Å². The highest BCUT2D eigenvalue weighted by atomic mass is 19.1. The van der Waals surface area contributed by atoms with Gasteiger partial charge in [0.1, 0.15) is 18.1 Å². The van der Waals surface area contributed by atoms with E-state index in [-0.39, 0.29) is 23.8 Å². The maximum absolute atomic E-state index is 13.1. The number of hydrogen-bond donors (Lipinski definition) is 2. The van der Waals surface area contributed by atoms with Crippen molar-refractivity contribution in [3.05, 3.63) is 53.0 Å². The average Bonchev–Trinajstić information content (AvgIpc) is 2.55. The number of nitrogens with zero attached hydrogens (tertiary/aromatic N) is 1. The summed E-state index contributed by atoms with van der Waals surface area (Å²) in [5, 5.41) is 6.20. The van der Waals surface area contributed by atoms with Crippen LogP contribution in [0.4, 0.5) is 10.1 Å². The maximum Gasteiger partial charge on any atom is 0.270 e. The third kappa shape index (κ3) is 4.07. The standard InChI is InChI=1S/C19H22FN3O2/c1-11(2)21-18(24)17-14(8-13-4-6-15(20)7-5-13)9-16-19(23-17)25-10-12(3)22-16/h4-7,9,11-12,22H,8,10H2,1-3H3,(H,21,24). The van der Waals surface area contributed by atoms with Gasteiger partial charge in [0.2, 0.25) is 5.88 Å². The van der Waals surface area contributed by atoms with Crippen molar-refractivity contribution in [2.45, 2.75) is 39.3 Å². The summed E-state index contributed by atoms with van der Waals surface area (Å²) in [5.41, 5.74) is 2.80. The molecule has 6 heteroatoms. The number of nitrogens with one attached hydrogen (secondary N) is 2. The smallest absolute Gasteiger partial charge is 0.270 e. The van der Waals surface area contributed by atoms with Crippen LogP contribution in [-0.4, -0.2) is 29.6 Å². The van der Waals surface area contributed by atoms with Gasteiger partial charge in [-0.25, -0.2) is 9.37 Å². The van der Waals surface area contributed by atoms with Crippen LogP contribution < -0.4 is 15.4 Å². The van der Waals surface area contributed by atoms with Crippen LogP contribution in [0.1, 0.15) is 42.4 Å². The number of ether oxygens (including phenoxy) is 1. The number of amides is 1. The number of benzene rings is 1. The van der Waals surface area contributed by atoms with Gasteiger partial charge in [-0.05, 0) is 56.5 Å². The molecule has 0 fully saturated rings. The van der Waals surface area contributed by atoms with Gasteiger partial charge in [-0.3, -0.25) is 4.79 Å². The number of aromatic nitrogens is 1. The zero-order valence-electron chi connectivity index (χ0n) is 14.6. The lowest BCUT2D eigenvalue weighted by Crippen LogP contribution is -2.33. The summed E-state index contributed by atoms with van der Waals surface area (Å²) >= 11 is 0. The molecule has 0 radical (unpaired) electrons.